The highest BCUT2D eigenvalue weighted by Crippen LogP contribution is 2.10. The van der Waals surface area contributed by atoms with Gasteiger partial charge in [0.15, 0.2) is 0 Å². The molecule has 2 fully saturated rings. The van der Waals surface area contributed by atoms with Gasteiger partial charge in [-0.2, -0.15) is 0 Å². The highest BCUT2D eigenvalue weighted by atomic mass is 16.5. The Balaban J connectivity index is 1.49. The molecule has 1 aromatic carbocycles. The van der Waals surface area contributed by atoms with Crippen LogP contribution in [0.3, 0.4) is 0 Å². The normalized spacial score (nSPS) is 22.4. The fourth-order valence-electron chi connectivity index (χ4n) is 3.15. The molecule has 6 heteroatoms. The van der Waals surface area contributed by atoms with Gasteiger partial charge in [0.1, 0.15) is 0 Å². The van der Waals surface area contributed by atoms with Crippen LogP contribution >= 0.6 is 0 Å². The second kappa shape index (κ2) is 8.46. The Labute approximate surface area is 143 Å². The summed E-state index contributed by atoms with van der Waals surface area (Å²) in [6.45, 7) is 9.01. The van der Waals surface area contributed by atoms with Gasteiger partial charge in [0.25, 0.3) is 0 Å². The van der Waals surface area contributed by atoms with Crippen LogP contribution in [0.25, 0.3) is 0 Å². The number of hydrogen-bond acceptors (Lipinski definition) is 4. The molecule has 0 bridgehead atoms. The van der Waals surface area contributed by atoms with Crippen LogP contribution in [0.4, 0.5) is 4.79 Å². The first kappa shape index (κ1) is 17.2. The fourth-order valence-corrected chi connectivity index (χ4v) is 3.15. The molecule has 0 spiro atoms. The van der Waals surface area contributed by atoms with Crippen molar-refractivity contribution in [3.63, 3.8) is 0 Å². The lowest BCUT2D eigenvalue weighted by Crippen LogP contribution is -2.48. The fraction of sp³-hybridized carbons (Fsp3) is 0.611. The molecule has 1 aromatic rings. The monoisotopic (exact) mass is 333 g/mol. The lowest BCUT2D eigenvalue weighted by Gasteiger charge is -2.31. The third-order valence-electron chi connectivity index (χ3n) is 4.47. The van der Waals surface area contributed by atoms with Crippen LogP contribution in [0.1, 0.15) is 18.1 Å². The Hall–Kier alpha value is -1.63. The Morgan fingerprint density at radius 1 is 1.21 bits per heavy atom. The zero-order valence-electron chi connectivity index (χ0n) is 14.4. The quantitative estimate of drug-likeness (QED) is 0.906. The molecule has 0 aliphatic carbocycles. The molecule has 0 aromatic heterocycles. The topological polar surface area (TPSA) is 54.0 Å². The van der Waals surface area contributed by atoms with Gasteiger partial charge in [-0.3, -0.25) is 4.90 Å². The van der Waals surface area contributed by atoms with E-state index in [2.05, 4.69) is 34.5 Å². The van der Waals surface area contributed by atoms with Crippen LogP contribution in [0.5, 0.6) is 0 Å². The Bertz CT molecular complexity index is 546. The van der Waals surface area contributed by atoms with E-state index in [1.807, 2.05) is 11.8 Å². The van der Waals surface area contributed by atoms with Gasteiger partial charge < -0.3 is 19.7 Å². The highest BCUT2D eigenvalue weighted by Gasteiger charge is 2.20. The van der Waals surface area contributed by atoms with Gasteiger partial charge in [-0.25, -0.2) is 4.79 Å². The molecule has 2 heterocycles. The van der Waals surface area contributed by atoms with E-state index in [0.29, 0.717) is 26.2 Å². The summed E-state index contributed by atoms with van der Waals surface area (Å²) in [6, 6.07) is 8.44. The molecule has 2 aliphatic heterocycles. The number of nitrogens with zero attached hydrogens (tertiary/aromatic N) is 2. The van der Waals surface area contributed by atoms with E-state index in [0.717, 1.165) is 38.4 Å². The van der Waals surface area contributed by atoms with Gasteiger partial charge in [-0.1, -0.05) is 24.3 Å². The molecule has 1 atom stereocenters. The average Bonchev–Trinajstić information content (AvgIpc) is 2.61. The van der Waals surface area contributed by atoms with Crippen LogP contribution in [-0.4, -0.2) is 67.9 Å². The number of rotatable bonds is 4. The van der Waals surface area contributed by atoms with Crippen LogP contribution < -0.4 is 5.32 Å². The van der Waals surface area contributed by atoms with E-state index in [9.17, 15) is 4.79 Å². The van der Waals surface area contributed by atoms with Crippen LogP contribution in [0.15, 0.2) is 24.3 Å². The van der Waals surface area contributed by atoms with E-state index < -0.39 is 0 Å². The van der Waals surface area contributed by atoms with Crippen molar-refractivity contribution in [1.29, 1.82) is 0 Å². The highest BCUT2D eigenvalue weighted by molar-refractivity contribution is 5.74. The Morgan fingerprint density at radius 3 is 2.79 bits per heavy atom. The van der Waals surface area contributed by atoms with E-state index in [1.165, 1.54) is 5.56 Å². The van der Waals surface area contributed by atoms with Gasteiger partial charge in [0.2, 0.25) is 0 Å². The van der Waals surface area contributed by atoms with E-state index in [1.54, 1.807) is 0 Å². The molecule has 2 amide bonds. The summed E-state index contributed by atoms with van der Waals surface area (Å²) in [5, 5.41) is 3.02. The van der Waals surface area contributed by atoms with Gasteiger partial charge in [-0.15, -0.1) is 0 Å². The van der Waals surface area contributed by atoms with Gasteiger partial charge in [0.05, 0.1) is 25.9 Å². The predicted molar refractivity (Wildman–Crippen MR) is 91.8 cm³/mol. The van der Waals surface area contributed by atoms with Crippen molar-refractivity contribution in [1.82, 2.24) is 15.1 Å². The summed E-state index contributed by atoms with van der Waals surface area (Å²) in [6.07, 6.45) is 0.112. The zero-order chi connectivity index (χ0) is 16.8. The maximum atomic E-state index is 12.3. The van der Waals surface area contributed by atoms with Gasteiger partial charge in [-0.05, 0) is 18.1 Å². The Morgan fingerprint density at radius 2 is 2.00 bits per heavy atom. The standard InChI is InChI=1S/C18H27N3O3/c1-15-13-21(7-10-24-15)18(22)19-12-16-3-2-4-17(11-16)14-20-5-8-23-9-6-20/h2-4,11,15H,5-10,12-14H2,1H3,(H,19,22). The molecule has 2 aliphatic rings. The summed E-state index contributed by atoms with van der Waals surface area (Å²) < 4.78 is 10.9. The largest absolute Gasteiger partial charge is 0.379 e. The first-order valence-corrected chi connectivity index (χ1v) is 8.73. The van der Waals surface area contributed by atoms with E-state index in [4.69, 9.17) is 9.47 Å². The predicted octanol–water partition coefficient (Wildman–Crippen LogP) is 1.45. The smallest absolute Gasteiger partial charge is 0.317 e. The molecular formula is C18H27N3O3. The first-order valence-electron chi connectivity index (χ1n) is 8.73. The lowest BCUT2D eigenvalue weighted by atomic mass is 10.1. The number of morpholine rings is 2. The molecule has 0 radical (unpaired) electrons. The van der Waals surface area contributed by atoms with Crippen LogP contribution in [0, 0.1) is 0 Å². The van der Waals surface area contributed by atoms with E-state index in [-0.39, 0.29) is 12.1 Å². The second-order valence-electron chi connectivity index (χ2n) is 6.49. The third-order valence-corrected chi connectivity index (χ3v) is 4.47. The van der Waals surface area contributed by atoms with Gasteiger partial charge in [0, 0.05) is 39.3 Å². The Kier molecular flexibility index (Phi) is 6.07. The average molecular weight is 333 g/mol. The lowest BCUT2D eigenvalue weighted by molar-refractivity contribution is -0.00351. The molecule has 1 N–H and O–H groups in total. The SMILES string of the molecule is CC1CN(C(=O)NCc2cccc(CN3CCOCC3)c2)CCO1. The number of ether oxygens (including phenoxy) is 2. The minimum Gasteiger partial charge on any atom is -0.379 e. The number of urea groups is 1. The molecule has 6 nitrogen and oxygen atoms in total. The third kappa shape index (κ3) is 4.93. The van der Waals surface area contributed by atoms with E-state index >= 15 is 0 Å². The van der Waals surface area contributed by atoms with Crippen molar-refractivity contribution in [2.24, 2.45) is 0 Å². The summed E-state index contributed by atoms with van der Waals surface area (Å²) in [4.78, 5) is 16.5. The molecule has 1 unspecified atom stereocenters. The summed E-state index contributed by atoms with van der Waals surface area (Å²) >= 11 is 0. The molecule has 2 saturated heterocycles. The number of carbonyl (C=O) groups excluding carboxylic acids is 1. The molecule has 132 valence electrons. The minimum absolute atomic E-state index is 0.0104. The number of carbonyl (C=O) groups is 1. The van der Waals surface area contributed by atoms with Crippen molar-refractivity contribution in [2.45, 2.75) is 26.1 Å². The first-order chi connectivity index (χ1) is 11.7. The second-order valence-corrected chi connectivity index (χ2v) is 6.49. The number of hydrogen-bond donors (Lipinski definition) is 1. The summed E-state index contributed by atoms with van der Waals surface area (Å²) in [5.41, 5.74) is 2.42. The molecule has 24 heavy (non-hydrogen) atoms. The molecule has 3 rings (SSSR count). The van der Waals surface area contributed by atoms with Gasteiger partial charge >= 0.3 is 6.03 Å². The number of benzene rings is 1. The summed E-state index contributed by atoms with van der Waals surface area (Å²) in [7, 11) is 0. The molecular weight excluding hydrogens is 306 g/mol. The maximum absolute atomic E-state index is 12.3. The van der Waals surface area contributed by atoms with Crippen molar-refractivity contribution in [3.8, 4) is 0 Å². The number of amides is 2. The minimum atomic E-state index is -0.0104. The van der Waals surface area contributed by atoms with Crippen LogP contribution in [0.2, 0.25) is 0 Å². The van der Waals surface area contributed by atoms with Crippen molar-refractivity contribution in [3.05, 3.63) is 35.4 Å². The van der Waals surface area contributed by atoms with Crippen LogP contribution in [-0.2, 0) is 22.6 Å². The number of nitrogens with one attached hydrogen (secondary N) is 1. The zero-order valence-corrected chi connectivity index (χ0v) is 14.4. The van der Waals surface area contributed by atoms with Crippen molar-refractivity contribution in [2.75, 3.05) is 46.0 Å². The summed E-state index contributed by atoms with van der Waals surface area (Å²) in [5.74, 6) is 0. The van der Waals surface area contributed by atoms with Crippen molar-refractivity contribution < 1.29 is 14.3 Å². The maximum Gasteiger partial charge on any atom is 0.317 e. The van der Waals surface area contributed by atoms with Crippen molar-refractivity contribution >= 4 is 6.03 Å². The molecule has 0 saturated carbocycles.